The van der Waals surface area contributed by atoms with Crippen LogP contribution < -0.4 is 15.2 Å². The summed E-state index contributed by atoms with van der Waals surface area (Å²) < 4.78 is 21.8. The number of nitrogens with zero attached hydrogens (tertiary/aromatic N) is 1. The van der Waals surface area contributed by atoms with Gasteiger partial charge in [0.15, 0.2) is 11.5 Å². The number of carbonyl (C=O) groups excluding carboxylic acids is 1. The van der Waals surface area contributed by atoms with Gasteiger partial charge in [-0.3, -0.25) is 0 Å². The Balaban J connectivity index is 1.81. The predicted molar refractivity (Wildman–Crippen MR) is 95.5 cm³/mol. The second-order valence-electron chi connectivity index (χ2n) is 5.93. The highest BCUT2D eigenvalue weighted by Crippen LogP contribution is 2.37. The van der Waals surface area contributed by atoms with Crippen LogP contribution in [0.1, 0.15) is 23.0 Å². The van der Waals surface area contributed by atoms with Crippen molar-refractivity contribution in [2.45, 2.75) is 13.8 Å². The Morgan fingerprint density at radius 1 is 1.23 bits per heavy atom. The van der Waals surface area contributed by atoms with E-state index in [9.17, 15) is 4.79 Å². The van der Waals surface area contributed by atoms with Crippen molar-refractivity contribution < 1.29 is 23.4 Å². The molecular weight excluding hydrogens is 336 g/mol. The highest BCUT2D eigenvalue weighted by atomic mass is 16.6. The van der Waals surface area contributed by atoms with Crippen molar-refractivity contribution in [3.05, 3.63) is 35.6 Å². The molecule has 2 aromatic heterocycles. The number of nitrogens with two attached hydrogens (primary N) is 1. The maximum absolute atomic E-state index is 12.0. The molecule has 3 aromatic rings. The molecule has 0 amide bonds. The average Bonchev–Trinajstić information content (AvgIpc) is 2.98. The highest BCUT2D eigenvalue weighted by molar-refractivity contribution is 6.04. The fraction of sp³-hybridized carbons (Fsp3) is 0.263. The standard InChI is InChI=1S/C19H18N2O5/c1-3-23-19(22)17-16(20)15-10(2)8-12(21-18(15)26-17)11-4-5-13-14(9-11)25-7-6-24-13/h4-5,8-9H,3,6-7,20H2,1-2H3. The molecule has 0 radical (unpaired) electrons. The van der Waals surface area contributed by atoms with E-state index in [1.165, 1.54) is 0 Å². The molecule has 4 rings (SSSR count). The van der Waals surface area contributed by atoms with E-state index in [4.69, 9.17) is 24.4 Å². The number of ether oxygens (including phenoxy) is 3. The first-order valence-corrected chi connectivity index (χ1v) is 8.35. The lowest BCUT2D eigenvalue weighted by Crippen LogP contribution is -2.15. The SMILES string of the molecule is CCOC(=O)c1oc2nc(-c3ccc4c(c3)OCCO4)cc(C)c2c1N. The number of esters is 1. The van der Waals surface area contributed by atoms with Gasteiger partial charge in [-0.15, -0.1) is 0 Å². The smallest absolute Gasteiger partial charge is 0.376 e. The van der Waals surface area contributed by atoms with E-state index in [1.54, 1.807) is 6.92 Å². The van der Waals surface area contributed by atoms with Crippen LogP contribution in [0, 0.1) is 6.92 Å². The first-order valence-electron chi connectivity index (χ1n) is 8.35. The van der Waals surface area contributed by atoms with Crippen LogP contribution >= 0.6 is 0 Å². The number of hydrogen-bond acceptors (Lipinski definition) is 7. The number of benzene rings is 1. The van der Waals surface area contributed by atoms with Gasteiger partial charge in [0, 0.05) is 5.56 Å². The van der Waals surface area contributed by atoms with Crippen molar-refractivity contribution in [1.29, 1.82) is 0 Å². The second-order valence-corrected chi connectivity index (χ2v) is 5.93. The van der Waals surface area contributed by atoms with Crippen LogP contribution in [0.4, 0.5) is 5.69 Å². The van der Waals surface area contributed by atoms with Gasteiger partial charge in [0.2, 0.25) is 11.5 Å². The summed E-state index contributed by atoms with van der Waals surface area (Å²) in [4.78, 5) is 16.5. The van der Waals surface area contributed by atoms with Crippen molar-refractivity contribution in [1.82, 2.24) is 4.98 Å². The minimum Gasteiger partial charge on any atom is -0.486 e. The molecule has 0 saturated heterocycles. The highest BCUT2D eigenvalue weighted by Gasteiger charge is 2.23. The van der Waals surface area contributed by atoms with Crippen molar-refractivity contribution in [2.75, 3.05) is 25.6 Å². The normalized spacial score (nSPS) is 13.0. The van der Waals surface area contributed by atoms with Gasteiger partial charge in [0.1, 0.15) is 13.2 Å². The summed E-state index contributed by atoms with van der Waals surface area (Å²) in [6.45, 7) is 4.91. The summed E-state index contributed by atoms with van der Waals surface area (Å²) in [5, 5.41) is 0.620. The van der Waals surface area contributed by atoms with Gasteiger partial charge in [-0.05, 0) is 43.7 Å². The van der Waals surface area contributed by atoms with Crippen molar-refractivity contribution in [3.63, 3.8) is 0 Å². The van der Waals surface area contributed by atoms with Crippen molar-refractivity contribution in [3.8, 4) is 22.8 Å². The summed E-state index contributed by atoms with van der Waals surface area (Å²) in [5.74, 6) is 0.782. The number of nitrogen functional groups attached to an aromatic ring is 1. The number of anilines is 1. The third kappa shape index (κ3) is 2.61. The third-order valence-corrected chi connectivity index (χ3v) is 4.19. The molecule has 0 unspecified atom stereocenters. The van der Waals surface area contributed by atoms with E-state index < -0.39 is 5.97 Å². The minimum absolute atomic E-state index is 0.0169. The maximum Gasteiger partial charge on any atom is 0.376 e. The van der Waals surface area contributed by atoms with Gasteiger partial charge >= 0.3 is 5.97 Å². The van der Waals surface area contributed by atoms with Gasteiger partial charge in [-0.1, -0.05) is 0 Å². The summed E-state index contributed by atoms with van der Waals surface area (Å²) in [5.41, 5.74) is 9.03. The largest absolute Gasteiger partial charge is 0.486 e. The van der Waals surface area contributed by atoms with Crippen molar-refractivity contribution >= 4 is 22.8 Å². The van der Waals surface area contributed by atoms with E-state index in [0.717, 1.165) is 11.1 Å². The Kier molecular flexibility index (Phi) is 3.91. The van der Waals surface area contributed by atoms with E-state index in [0.29, 0.717) is 41.5 Å². The number of rotatable bonds is 3. The Hall–Kier alpha value is -3.22. The molecule has 3 heterocycles. The molecule has 0 fully saturated rings. The summed E-state index contributed by atoms with van der Waals surface area (Å²) >= 11 is 0. The molecule has 0 spiro atoms. The van der Waals surface area contributed by atoms with Crippen LogP contribution in [0.25, 0.3) is 22.4 Å². The number of hydrogen-bond donors (Lipinski definition) is 1. The number of fused-ring (bicyclic) bond motifs is 2. The number of aromatic nitrogens is 1. The summed E-state index contributed by atoms with van der Waals surface area (Å²) in [6.07, 6.45) is 0. The Morgan fingerprint density at radius 2 is 2.00 bits per heavy atom. The molecule has 7 nitrogen and oxygen atoms in total. The van der Waals surface area contributed by atoms with Crippen molar-refractivity contribution in [2.24, 2.45) is 0 Å². The predicted octanol–water partition coefficient (Wildman–Crippen LogP) is 3.33. The number of furan rings is 1. The van der Waals surface area contributed by atoms with E-state index in [2.05, 4.69) is 4.98 Å². The molecule has 1 aliphatic rings. The lowest BCUT2D eigenvalue weighted by Gasteiger charge is -2.18. The molecule has 0 aliphatic carbocycles. The zero-order valence-electron chi connectivity index (χ0n) is 14.5. The molecule has 2 N–H and O–H groups in total. The molecule has 1 aliphatic heterocycles. The molecule has 26 heavy (non-hydrogen) atoms. The lowest BCUT2D eigenvalue weighted by molar-refractivity contribution is 0.0494. The Labute approximate surface area is 149 Å². The Bertz CT molecular complexity index is 1010. The summed E-state index contributed by atoms with van der Waals surface area (Å²) in [7, 11) is 0. The number of carbonyl (C=O) groups is 1. The van der Waals surface area contributed by atoms with Crippen LogP contribution in [0.2, 0.25) is 0 Å². The summed E-state index contributed by atoms with van der Waals surface area (Å²) in [6, 6.07) is 7.53. The second kappa shape index (κ2) is 6.25. The quantitative estimate of drug-likeness (QED) is 0.721. The van der Waals surface area contributed by atoms with Gasteiger partial charge in [0.05, 0.1) is 23.4 Å². The third-order valence-electron chi connectivity index (χ3n) is 4.19. The van der Waals surface area contributed by atoms with Crippen LogP contribution in [0.3, 0.4) is 0 Å². The average molecular weight is 354 g/mol. The van der Waals surface area contributed by atoms with Crippen LogP contribution in [0.5, 0.6) is 11.5 Å². The monoisotopic (exact) mass is 354 g/mol. The van der Waals surface area contributed by atoms with Gasteiger partial charge in [-0.25, -0.2) is 9.78 Å². The Morgan fingerprint density at radius 3 is 2.77 bits per heavy atom. The minimum atomic E-state index is -0.594. The fourth-order valence-electron chi connectivity index (χ4n) is 3.01. The maximum atomic E-state index is 12.0. The first kappa shape index (κ1) is 16.3. The molecule has 0 saturated carbocycles. The molecular formula is C19H18N2O5. The van der Waals surface area contributed by atoms with Crippen LogP contribution in [0.15, 0.2) is 28.7 Å². The number of aryl methyl sites for hydroxylation is 1. The molecule has 134 valence electrons. The van der Waals surface area contributed by atoms with E-state index >= 15 is 0 Å². The van der Waals surface area contributed by atoms with Gasteiger partial charge in [0.25, 0.3) is 0 Å². The van der Waals surface area contributed by atoms with E-state index in [-0.39, 0.29) is 18.1 Å². The fourth-order valence-corrected chi connectivity index (χ4v) is 3.01. The van der Waals surface area contributed by atoms with Gasteiger partial charge < -0.3 is 24.4 Å². The zero-order chi connectivity index (χ0) is 18.3. The molecule has 0 bridgehead atoms. The molecule has 0 atom stereocenters. The van der Waals surface area contributed by atoms with E-state index in [1.807, 2.05) is 31.2 Å². The van der Waals surface area contributed by atoms with Gasteiger partial charge in [-0.2, -0.15) is 0 Å². The molecule has 7 heteroatoms. The van der Waals surface area contributed by atoms with Crippen LogP contribution in [-0.4, -0.2) is 30.8 Å². The zero-order valence-corrected chi connectivity index (χ0v) is 14.5. The number of pyridine rings is 1. The molecule has 1 aromatic carbocycles. The van der Waals surface area contributed by atoms with Crippen LogP contribution in [-0.2, 0) is 4.74 Å². The topological polar surface area (TPSA) is 96.8 Å². The lowest BCUT2D eigenvalue weighted by atomic mass is 10.1. The first-order chi connectivity index (χ1) is 12.6.